The van der Waals surface area contributed by atoms with Crippen LogP contribution in [0.25, 0.3) is 22.8 Å². The maximum absolute atomic E-state index is 13.4. The molecule has 20 heavy (non-hydrogen) atoms. The number of aryl methyl sites for hydroxylation is 1. The number of anilines is 1. The minimum Gasteiger partial charge on any atom is -0.396 e. The fourth-order valence-corrected chi connectivity index (χ4v) is 1.82. The Morgan fingerprint density at radius 2 is 1.75 bits per heavy atom. The van der Waals surface area contributed by atoms with Gasteiger partial charge in [0.25, 0.3) is 5.89 Å². The highest BCUT2D eigenvalue weighted by molar-refractivity contribution is 5.61. The van der Waals surface area contributed by atoms with Crippen LogP contribution in [0.3, 0.4) is 0 Å². The predicted molar refractivity (Wildman–Crippen MR) is 74.3 cm³/mol. The van der Waals surface area contributed by atoms with Gasteiger partial charge in [-0.2, -0.15) is 4.98 Å². The van der Waals surface area contributed by atoms with Crippen molar-refractivity contribution in [3.8, 4) is 22.8 Å². The van der Waals surface area contributed by atoms with Gasteiger partial charge in [-0.3, -0.25) is 0 Å². The lowest BCUT2D eigenvalue weighted by molar-refractivity contribution is 0.432. The summed E-state index contributed by atoms with van der Waals surface area (Å²) < 4.78 is 18.6. The normalized spacial score (nSPS) is 10.7. The molecule has 0 atom stereocenters. The Morgan fingerprint density at radius 1 is 1.05 bits per heavy atom. The molecule has 2 N–H and O–H groups in total. The molecule has 0 bridgehead atoms. The number of halogens is 1. The van der Waals surface area contributed by atoms with Crippen molar-refractivity contribution in [3.05, 3.63) is 53.8 Å². The Labute approximate surface area is 115 Å². The number of benzene rings is 2. The summed E-state index contributed by atoms with van der Waals surface area (Å²) in [6.07, 6.45) is 0. The third-order valence-electron chi connectivity index (χ3n) is 2.98. The highest BCUT2D eigenvalue weighted by Gasteiger charge is 2.11. The van der Waals surface area contributed by atoms with E-state index in [0.717, 1.165) is 11.1 Å². The van der Waals surface area contributed by atoms with E-state index in [4.69, 9.17) is 10.3 Å². The van der Waals surface area contributed by atoms with E-state index in [0.29, 0.717) is 11.4 Å². The summed E-state index contributed by atoms with van der Waals surface area (Å²) in [5.74, 6) is 0.231. The van der Waals surface area contributed by atoms with Crippen molar-refractivity contribution in [2.45, 2.75) is 6.92 Å². The zero-order valence-electron chi connectivity index (χ0n) is 10.8. The van der Waals surface area contributed by atoms with Crippen LogP contribution in [0, 0.1) is 12.7 Å². The first-order chi connectivity index (χ1) is 9.63. The Kier molecular flexibility index (Phi) is 2.95. The molecule has 5 heteroatoms. The Morgan fingerprint density at radius 3 is 2.45 bits per heavy atom. The SMILES string of the molecule is Cc1ccc(-c2noc(-c3ccc(N)c(F)c3)n2)cc1. The van der Waals surface area contributed by atoms with Crippen LogP contribution in [0.5, 0.6) is 0 Å². The average molecular weight is 269 g/mol. The second kappa shape index (κ2) is 4.77. The van der Waals surface area contributed by atoms with Crippen molar-refractivity contribution < 1.29 is 8.91 Å². The molecule has 0 spiro atoms. The van der Waals surface area contributed by atoms with E-state index in [9.17, 15) is 4.39 Å². The lowest BCUT2D eigenvalue weighted by Gasteiger charge is -1.97. The summed E-state index contributed by atoms with van der Waals surface area (Å²) in [5.41, 5.74) is 8.03. The van der Waals surface area contributed by atoms with Crippen molar-refractivity contribution in [1.29, 1.82) is 0 Å². The summed E-state index contributed by atoms with van der Waals surface area (Å²) in [7, 11) is 0. The minimum atomic E-state index is -0.502. The smallest absolute Gasteiger partial charge is 0.258 e. The summed E-state index contributed by atoms with van der Waals surface area (Å²) in [6.45, 7) is 2.00. The van der Waals surface area contributed by atoms with E-state index in [1.807, 2.05) is 31.2 Å². The summed E-state index contributed by atoms with van der Waals surface area (Å²) >= 11 is 0. The number of nitrogen functional groups attached to an aromatic ring is 1. The second-order valence-electron chi connectivity index (χ2n) is 4.53. The fourth-order valence-electron chi connectivity index (χ4n) is 1.82. The number of nitrogens with zero attached hydrogens (tertiary/aromatic N) is 2. The molecule has 2 aromatic carbocycles. The molecule has 0 fully saturated rings. The maximum Gasteiger partial charge on any atom is 0.258 e. The molecule has 3 aromatic rings. The van der Waals surface area contributed by atoms with E-state index in [1.165, 1.54) is 12.1 Å². The number of hydrogen-bond acceptors (Lipinski definition) is 4. The molecule has 0 amide bonds. The van der Waals surface area contributed by atoms with Gasteiger partial charge in [0.2, 0.25) is 5.82 Å². The van der Waals surface area contributed by atoms with Gasteiger partial charge in [-0.05, 0) is 25.1 Å². The molecule has 1 aromatic heterocycles. The van der Waals surface area contributed by atoms with E-state index in [-0.39, 0.29) is 11.6 Å². The van der Waals surface area contributed by atoms with Crippen molar-refractivity contribution in [1.82, 2.24) is 10.1 Å². The monoisotopic (exact) mass is 269 g/mol. The van der Waals surface area contributed by atoms with Crippen molar-refractivity contribution in [2.75, 3.05) is 5.73 Å². The zero-order chi connectivity index (χ0) is 14.1. The predicted octanol–water partition coefficient (Wildman–Crippen LogP) is 3.43. The van der Waals surface area contributed by atoms with Crippen LogP contribution >= 0.6 is 0 Å². The summed E-state index contributed by atoms with van der Waals surface area (Å²) in [4.78, 5) is 4.27. The number of aromatic nitrogens is 2. The molecule has 0 unspecified atom stereocenters. The van der Waals surface area contributed by atoms with Gasteiger partial charge in [0, 0.05) is 11.1 Å². The molecule has 4 nitrogen and oxygen atoms in total. The Bertz CT molecular complexity index is 750. The van der Waals surface area contributed by atoms with Crippen molar-refractivity contribution >= 4 is 5.69 Å². The number of rotatable bonds is 2. The first-order valence-corrected chi connectivity index (χ1v) is 6.09. The average Bonchev–Trinajstić information content (AvgIpc) is 2.92. The van der Waals surface area contributed by atoms with Crippen LogP contribution in [-0.4, -0.2) is 10.1 Å². The van der Waals surface area contributed by atoms with Gasteiger partial charge in [-0.25, -0.2) is 4.39 Å². The summed E-state index contributed by atoms with van der Waals surface area (Å²) in [6, 6.07) is 12.1. The molecular weight excluding hydrogens is 257 g/mol. The lowest BCUT2D eigenvalue weighted by Crippen LogP contribution is -1.90. The highest BCUT2D eigenvalue weighted by Crippen LogP contribution is 2.24. The first-order valence-electron chi connectivity index (χ1n) is 6.09. The van der Waals surface area contributed by atoms with Crippen LogP contribution in [0.2, 0.25) is 0 Å². The van der Waals surface area contributed by atoms with Gasteiger partial charge in [-0.15, -0.1) is 0 Å². The van der Waals surface area contributed by atoms with Crippen LogP contribution in [0.4, 0.5) is 10.1 Å². The second-order valence-corrected chi connectivity index (χ2v) is 4.53. The van der Waals surface area contributed by atoms with Crippen LogP contribution < -0.4 is 5.73 Å². The van der Waals surface area contributed by atoms with Crippen LogP contribution in [-0.2, 0) is 0 Å². The van der Waals surface area contributed by atoms with Gasteiger partial charge < -0.3 is 10.3 Å². The van der Waals surface area contributed by atoms with E-state index in [2.05, 4.69) is 10.1 Å². The molecule has 0 saturated heterocycles. The Balaban J connectivity index is 1.97. The summed E-state index contributed by atoms with van der Waals surface area (Å²) in [5, 5.41) is 3.90. The van der Waals surface area contributed by atoms with Gasteiger partial charge in [0.1, 0.15) is 5.82 Å². The van der Waals surface area contributed by atoms with Crippen LogP contribution in [0.1, 0.15) is 5.56 Å². The van der Waals surface area contributed by atoms with E-state index < -0.39 is 5.82 Å². The third-order valence-corrected chi connectivity index (χ3v) is 2.98. The number of hydrogen-bond donors (Lipinski definition) is 1. The largest absolute Gasteiger partial charge is 0.396 e. The fraction of sp³-hybridized carbons (Fsp3) is 0.0667. The molecule has 0 aliphatic rings. The maximum atomic E-state index is 13.4. The van der Waals surface area contributed by atoms with E-state index >= 15 is 0 Å². The van der Waals surface area contributed by atoms with Gasteiger partial charge in [-0.1, -0.05) is 35.0 Å². The standard InChI is InChI=1S/C15H12FN3O/c1-9-2-4-10(5-3-9)14-18-15(20-19-14)11-6-7-13(17)12(16)8-11/h2-8H,17H2,1H3. The quantitative estimate of drug-likeness (QED) is 0.724. The topological polar surface area (TPSA) is 64.9 Å². The van der Waals surface area contributed by atoms with Gasteiger partial charge >= 0.3 is 0 Å². The Hall–Kier alpha value is -2.69. The number of nitrogens with two attached hydrogens (primary N) is 1. The first kappa shape index (κ1) is 12.3. The molecule has 0 aliphatic carbocycles. The molecule has 3 rings (SSSR count). The molecule has 0 aliphatic heterocycles. The van der Waals surface area contributed by atoms with Gasteiger partial charge in [0.15, 0.2) is 0 Å². The lowest BCUT2D eigenvalue weighted by atomic mass is 10.1. The van der Waals surface area contributed by atoms with Crippen molar-refractivity contribution in [2.24, 2.45) is 0 Å². The van der Waals surface area contributed by atoms with Gasteiger partial charge in [0.05, 0.1) is 5.69 Å². The molecule has 100 valence electrons. The highest BCUT2D eigenvalue weighted by atomic mass is 19.1. The molecule has 0 saturated carbocycles. The van der Waals surface area contributed by atoms with Crippen LogP contribution in [0.15, 0.2) is 47.0 Å². The molecular formula is C15H12FN3O. The molecule has 1 heterocycles. The van der Waals surface area contributed by atoms with Crippen molar-refractivity contribution in [3.63, 3.8) is 0 Å². The van der Waals surface area contributed by atoms with E-state index in [1.54, 1.807) is 6.07 Å². The molecule has 0 radical (unpaired) electrons. The third kappa shape index (κ3) is 2.25. The minimum absolute atomic E-state index is 0.0898. The zero-order valence-corrected chi connectivity index (χ0v) is 10.8.